The molecule has 34 heavy (non-hydrogen) atoms. The zero-order valence-electron chi connectivity index (χ0n) is 19.7. The van der Waals surface area contributed by atoms with Gasteiger partial charge in [0.1, 0.15) is 22.4 Å². The highest BCUT2D eigenvalue weighted by Gasteiger charge is 2.19. The molecule has 0 saturated carbocycles. The summed E-state index contributed by atoms with van der Waals surface area (Å²) in [6.07, 6.45) is 1.21. The topological polar surface area (TPSA) is 106 Å². The lowest BCUT2D eigenvalue weighted by molar-refractivity contribution is -0.112. The number of nitrogens with one attached hydrogen (secondary N) is 1. The maximum absolute atomic E-state index is 12.8. The Kier molecular flexibility index (Phi) is 7.87. The predicted octanol–water partition coefficient (Wildman–Crippen LogP) is 4.73. The van der Waals surface area contributed by atoms with Crippen LogP contribution in [0.3, 0.4) is 0 Å². The average molecular weight is 479 g/mol. The van der Waals surface area contributed by atoms with Crippen molar-refractivity contribution >= 4 is 34.3 Å². The van der Waals surface area contributed by atoms with Gasteiger partial charge < -0.3 is 14.8 Å². The largest absolute Gasteiger partial charge is 0.496 e. The zero-order valence-corrected chi connectivity index (χ0v) is 20.5. The normalized spacial score (nSPS) is 11.3. The van der Waals surface area contributed by atoms with E-state index in [4.69, 9.17) is 9.47 Å². The molecule has 0 radical (unpaired) electrons. The van der Waals surface area contributed by atoms with Gasteiger partial charge in [0.05, 0.1) is 31.0 Å². The van der Waals surface area contributed by atoms with Crippen LogP contribution >= 0.6 is 11.3 Å². The van der Waals surface area contributed by atoms with E-state index in [0.29, 0.717) is 22.9 Å². The van der Waals surface area contributed by atoms with Crippen LogP contribution in [0.25, 0.3) is 6.08 Å². The minimum Gasteiger partial charge on any atom is -0.496 e. The Morgan fingerprint density at radius 3 is 2.65 bits per heavy atom. The van der Waals surface area contributed by atoms with Crippen LogP contribution in [0.4, 0.5) is 5.00 Å². The molecule has 2 aromatic heterocycles. The number of nitrogens with zero attached hydrogens (tertiary/aromatic N) is 3. The SMILES string of the molecule is COc1ccc(/C=C(\C#N)C(=O)Nc2sccc2C(=O)OC(C)C)cc1Cn1nc(C)cc1C. The first-order valence-corrected chi connectivity index (χ1v) is 11.5. The number of ether oxygens (including phenoxy) is 2. The Balaban J connectivity index is 1.85. The Hall–Kier alpha value is -3.90. The van der Waals surface area contributed by atoms with E-state index in [2.05, 4.69) is 10.4 Å². The fourth-order valence-electron chi connectivity index (χ4n) is 3.34. The Morgan fingerprint density at radius 2 is 2.03 bits per heavy atom. The minimum atomic E-state index is -0.612. The first-order valence-electron chi connectivity index (χ1n) is 10.6. The molecule has 0 unspecified atom stereocenters. The highest BCUT2D eigenvalue weighted by Crippen LogP contribution is 2.26. The van der Waals surface area contributed by atoms with Crippen LogP contribution in [0.15, 0.2) is 41.3 Å². The van der Waals surface area contributed by atoms with E-state index in [1.54, 1.807) is 44.5 Å². The van der Waals surface area contributed by atoms with Crippen molar-refractivity contribution in [2.75, 3.05) is 12.4 Å². The monoisotopic (exact) mass is 478 g/mol. The summed E-state index contributed by atoms with van der Waals surface area (Å²) < 4.78 is 12.6. The predicted molar refractivity (Wildman–Crippen MR) is 131 cm³/mol. The number of aryl methyl sites for hydroxylation is 2. The smallest absolute Gasteiger partial charge is 0.341 e. The van der Waals surface area contributed by atoms with Gasteiger partial charge in [0.15, 0.2) is 0 Å². The van der Waals surface area contributed by atoms with E-state index >= 15 is 0 Å². The number of aromatic nitrogens is 2. The standard InChI is InChI=1S/C25H26N4O4S/c1-15(2)33-25(31)21-8-9-34-24(21)27-23(30)19(13-26)11-18-6-7-22(32-5)20(12-18)14-29-17(4)10-16(3)28-29/h6-12,15H,14H2,1-5H3,(H,27,30)/b19-11+. The Labute approximate surface area is 202 Å². The lowest BCUT2D eigenvalue weighted by Crippen LogP contribution is -2.17. The summed E-state index contributed by atoms with van der Waals surface area (Å²) in [7, 11) is 1.59. The van der Waals surface area contributed by atoms with Gasteiger partial charge in [-0.05, 0) is 69.0 Å². The third-order valence-electron chi connectivity index (χ3n) is 4.86. The molecule has 0 aliphatic heterocycles. The number of rotatable bonds is 8. The number of carbonyl (C=O) groups is 2. The zero-order chi connectivity index (χ0) is 24.8. The molecular weight excluding hydrogens is 452 g/mol. The van der Waals surface area contributed by atoms with Crippen molar-refractivity contribution in [2.45, 2.75) is 40.3 Å². The summed E-state index contributed by atoms with van der Waals surface area (Å²) in [5, 5.41) is 18.8. The second-order valence-electron chi connectivity index (χ2n) is 7.90. The van der Waals surface area contributed by atoms with Crippen molar-refractivity contribution < 1.29 is 19.1 Å². The van der Waals surface area contributed by atoms with E-state index in [1.165, 1.54) is 17.4 Å². The molecule has 0 fully saturated rings. The first-order chi connectivity index (χ1) is 16.2. The summed E-state index contributed by atoms with van der Waals surface area (Å²) in [6, 6.07) is 10.9. The number of hydrogen-bond donors (Lipinski definition) is 1. The molecule has 1 N–H and O–H groups in total. The van der Waals surface area contributed by atoms with Crippen molar-refractivity contribution in [3.63, 3.8) is 0 Å². The molecule has 0 saturated heterocycles. The molecule has 0 spiro atoms. The van der Waals surface area contributed by atoms with Gasteiger partial charge in [0.2, 0.25) is 0 Å². The van der Waals surface area contributed by atoms with Gasteiger partial charge in [-0.25, -0.2) is 4.79 Å². The molecule has 0 aliphatic rings. The summed E-state index contributed by atoms with van der Waals surface area (Å²) in [5.41, 5.74) is 3.60. The third-order valence-corrected chi connectivity index (χ3v) is 5.69. The number of nitriles is 1. The molecule has 9 heteroatoms. The van der Waals surface area contributed by atoms with Crippen LogP contribution in [-0.4, -0.2) is 34.9 Å². The van der Waals surface area contributed by atoms with E-state index in [9.17, 15) is 14.9 Å². The second kappa shape index (κ2) is 10.8. The van der Waals surface area contributed by atoms with Crippen LogP contribution in [0.5, 0.6) is 5.75 Å². The summed E-state index contributed by atoms with van der Waals surface area (Å²) >= 11 is 1.18. The van der Waals surface area contributed by atoms with Gasteiger partial charge >= 0.3 is 5.97 Å². The Morgan fingerprint density at radius 1 is 1.26 bits per heavy atom. The van der Waals surface area contributed by atoms with Gasteiger partial charge in [-0.15, -0.1) is 11.3 Å². The van der Waals surface area contributed by atoms with Gasteiger partial charge in [0, 0.05) is 11.3 Å². The second-order valence-corrected chi connectivity index (χ2v) is 8.81. The van der Waals surface area contributed by atoms with E-state index in [1.807, 2.05) is 36.7 Å². The van der Waals surface area contributed by atoms with E-state index in [0.717, 1.165) is 17.0 Å². The van der Waals surface area contributed by atoms with Crippen molar-refractivity contribution in [1.29, 1.82) is 5.26 Å². The van der Waals surface area contributed by atoms with E-state index in [-0.39, 0.29) is 17.2 Å². The highest BCUT2D eigenvalue weighted by molar-refractivity contribution is 7.14. The number of esters is 1. The average Bonchev–Trinajstić information content (AvgIpc) is 3.37. The molecule has 0 atom stereocenters. The first kappa shape index (κ1) is 24.7. The van der Waals surface area contributed by atoms with Crippen LogP contribution in [0.1, 0.15) is 46.7 Å². The van der Waals surface area contributed by atoms with Crippen LogP contribution < -0.4 is 10.1 Å². The highest BCUT2D eigenvalue weighted by atomic mass is 32.1. The lowest BCUT2D eigenvalue weighted by Gasteiger charge is -2.11. The number of anilines is 1. The third kappa shape index (κ3) is 5.91. The minimum absolute atomic E-state index is 0.0983. The van der Waals surface area contributed by atoms with Crippen molar-refractivity contribution in [2.24, 2.45) is 0 Å². The van der Waals surface area contributed by atoms with E-state index < -0.39 is 11.9 Å². The molecule has 0 bridgehead atoms. The molecule has 1 amide bonds. The summed E-state index contributed by atoms with van der Waals surface area (Å²) in [5.74, 6) is -0.461. The number of benzene rings is 1. The maximum Gasteiger partial charge on any atom is 0.341 e. The van der Waals surface area contributed by atoms with Gasteiger partial charge in [-0.2, -0.15) is 10.4 Å². The fourth-order valence-corrected chi connectivity index (χ4v) is 4.11. The van der Waals surface area contributed by atoms with Gasteiger partial charge in [-0.1, -0.05) is 6.07 Å². The summed E-state index contributed by atoms with van der Waals surface area (Å²) in [4.78, 5) is 25.1. The lowest BCUT2D eigenvalue weighted by atomic mass is 10.1. The number of amides is 1. The number of hydrogen-bond acceptors (Lipinski definition) is 7. The molecule has 3 rings (SSSR count). The molecule has 1 aromatic carbocycles. The molecule has 0 aliphatic carbocycles. The number of methoxy groups -OCH3 is 1. The summed E-state index contributed by atoms with van der Waals surface area (Å²) in [6.45, 7) is 7.88. The molecular formula is C25H26N4O4S. The molecule has 176 valence electrons. The Bertz CT molecular complexity index is 1280. The van der Waals surface area contributed by atoms with Crippen molar-refractivity contribution in [1.82, 2.24) is 9.78 Å². The number of carbonyl (C=O) groups excluding carboxylic acids is 2. The van der Waals surface area contributed by atoms with Crippen LogP contribution in [0, 0.1) is 25.2 Å². The van der Waals surface area contributed by atoms with Gasteiger partial charge in [-0.3, -0.25) is 9.48 Å². The molecule has 3 aromatic rings. The quantitative estimate of drug-likeness (QED) is 0.285. The number of thiophene rings is 1. The fraction of sp³-hybridized carbons (Fsp3) is 0.280. The molecule has 8 nitrogen and oxygen atoms in total. The van der Waals surface area contributed by atoms with Gasteiger partial charge in [0.25, 0.3) is 5.91 Å². The molecule has 2 heterocycles. The maximum atomic E-state index is 12.8. The van der Waals surface area contributed by atoms with Crippen molar-refractivity contribution in [3.05, 3.63) is 69.4 Å². The van der Waals surface area contributed by atoms with Crippen LogP contribution in [-0.2, 0) is 16.1 Å². The van der Waals surface area contributed by atoms with Crippen LogP contribution in [0.2, 0.25) is 0 Å². The van der Waals surface area contributed by atoms with Crippen molar-refractivity contribution in [3.8, 4) is 11.8 Å².